The molecule has 1 nitrogen and oxygen atoms in total. The summed E-state index contributed by atoms with van der Waals surface area (Å²) in [5.41, 5.74) is 0. The van der Waals surface area contributed by atoms with E-state index in [1.165, 1.54) is 38.5 Å². The van der Waals surface area contributed by atoms with E-state index in [2.05, 4.69) is 5.32 Å². The third-order valence-electron chi connectivity index (χ3n) is 2.68. The lowest BCUT2D eigenvalue weighted by molar-refractivity contribution is 0.243. The van der Waals surface area contributed by atoms with E-state index in [1.807, 2.05) is 0 Å². The zero-order valence-electron chi connectivity index (χ0n) is 5.90. The average Bonchev–Trinajstić information content (AvgIpc) is 1.57. The Morgan fingerprint density at radius 3 is 1.44 bits per heavy atom. The SMILES string of the molecule is C1CC(NC2CCC2)C1. The van der Waals surface area contributed by atoms with Gasteiger partial charge in [0.15, 0.2) is 0 Å². The van der Waals surface area contributed by atoms with Crippen molar-refractivity contribution >= 4 is 0 Å². The van der Waals surface area contributed by atoms with Crippen LogP contribution in [0.3, 0.4) is 0 Å². The summed E-state index contributed by atoms with van der Waals surface area (Å²) >= 11 is 0. The second kappa shape index (κ2) is 2.30. The van der Waals surface area contributed by atoms with Crippen LogP contribution in [0, 0.1) is 0 Å². The Kier molecular flexibility index (Phi) is 1.46. The predicted molar refractivity (Wildman–Crippen MR) is 38.4 cm³/mol. The van der Waals surface area contributed by atoms with Crippen molar-refractivity contribution in [1.82, 2.24) is 5.32 Å². The Bertz CT molecular complexity index is 80.7. The third-order valence-corrected chi connectivity index (χ3v) is 2.68. The molecule has 0 bridgehead atoms. The lowest BCUT2D eigenvalue weighted by Crippen LogP contribution is -2.45. The number of hydrogen-bond acceptors (Lipinski definition) is 1. The fourth-order valence-corrected chi connectivity index (χ4v) is 1.48. The van der Waals surface area contributed by atoms with Gasteiger partial charge in [0.2, 0.25) is 0 Å². The zero-order valence-corrected chi connectivity index (χ0v) is 5.90. The van der Waals surface area contributed by atoms with E-state index >= 15 is 0 Å². The molecule has 1 N–H and O–H groups in total. The van der Waals surface area contributed by atoms with Crippen molar-refractivity contribution in [2.45, 2.75) is 50.6 Å². The van der Waals surface area contributed by atoms with Gasteiger partial charge in [-0.25, -0.2) is 0 Å². The molecule has 0 unspecified atom stereocenters. The van der Waals surface area contributed by atoms with E-state index in [4.69, 9.17) is 0 Å². The molecule has 0 aliphatic heterocycles. The molecule has 0 aromatic carbocycles. The molecule has 2 aliphatic carbocycles. The van der Waals surface area contributed by atoms with E-state index in [9.17, 15) is 0 Å². The van der Waals surface area contributed by atoms with Gasteiger partial charge in [-0.1, -0.05) is 12.8 Å². The molecular weight excluding hydrogens is 110 g/mol. The van der Waals surface area contributed by atoms with Crippen LogP contribution >= 0.6 is 0 Å². The molecule has 0 atom stereocenters. The first kappa shape index (κ1) is 5.72. The maximum Gasteiger partial charge on any atom is 0.00696 e. The highest BCUT2D eigenvalue weighted by Gasteiger charge is 2.24. The largest absolute Gasteiger partial charge is 0.311 e. The standard InChI is InChI=1S/C8H15N/c1-3-7(4-1)9-8-5-2-6-8/h7-9H,1-6H2. The first-order chi connectivity index (χ1) is 4.45. The molecular formula is C8H15N. The van der Waals surface area contributed by atoms with Gasteiger partial charge >= 0.3 is 0 Å². The van der Waals surface area contributed by atoms with Gasteiger partial charge in [0.1, 0.15) is 0 Å². The summed E-state index contributed by atoms with van der Waals surface area (Å²) in [6, 6.07) is 1.82. The van der Waals surface area contributed by atoms with E-state index in [0.717, 1.165) is 12.1 Å². The predicted octanol–water partition coefficient (Wildman–Crippen LogP) is 1.68. The second-order valence-electron chi connectivity index (χ2n) is 3.42. The smallest absolute Gasteiger partial charge is 0.00696 e. The van der Waals surface area contributed by atoms with Crippen molar-refractivity contribution in [1.29, 1.82) is 0 Å². The topological polar surface area (TPSA) is 12.0 Å². The van der Waals surface area contributed by atoms with Crippen molar-refractivity contribution in [2.24, 2.45) is 0 Å². The van der Waals surface area contributed by atoms with Gasteiger partial charge in [-0.3, -0.25) is 0 Å². The second-order valence-corrected chi connectivity index (χ2v) is 3.42. The minimum Gasteiger partial charge on any atom is -0.311 e. The van der Waals surface area contributed by atoms with Crippen LogP contribution in [0.15, 0.2) is 0 Å². The van der Waals surface area contributed by atoms with Gasteiger partial charge in [0.25, 0.3) is 0 Å². The van der Waals surface area contributed by atoms with Gasteiger partial charge in [-0.05, 0) is 25.7 Å². The van der Waals surface area contributed by atoms with Crippen LogP contribution in [0.25, 0.3) is 0 Å². The Morgan fingerprint density at radius 1 is 0.778 bits per heavy atom. The van der Waals surface area contributed by atoms with E-state index in [-0.39, 0.29) is 0 Å². The third kappa shape index (κ3) is 1.11. The molecule has 0 aromatic heterocycles. The van der Waals surface area contributed by atoms with Crippen molar-refractivity contribution < 1.29 is 0 Å². The molecule has 0 amide bonds. The zero-order chi connectivity index (χ0) is 6.10. The maximum absolute atomic E-state index is 3.65. The van der Waals surface area contributed by atoms with Crippen LogP contribution in [0.2, 0.25) is 0 Å². The Morgan fingerprint density at radius 2 is 1.22 bits per heavy atom. The summed E-state index contributed by atoms with van der Waals surface area (Å²) in [7, 11) is 0. The van der Waals surface area contributed by atoms with Crippen LogP contribution in [0.1, 0.15) is 38.5 Å². The molecule has 52 valence electrons. The highest BCUT2D eigenvalue weighted by Crippen LogP contribution is 2.24. The fraction of sp³-hybridized carbons (Fsp3) is 1.00. The first-order valence-electron chi connectivity index (χ1n) is 4.21. The van der Waals surface area contributed by atoms with Crippen LogP contribution < -0.4 is 5.32 Å². The molecule has 2 saturated carbocycles. The molecule has 2 rings (SSSR count). The van der Waals surface area contributed by atoms with Crippen molar-refractivity contribution in [3.63, 3.8) is 0 Å². The van der Waals surface area contributed by atoms with E-state index in [0.29, 0.717) is 0 Å². The summed E-state index contributed by atoms with van der Waals surface area (Å²) < 4.78 is 0. The molecule has 0 heterocycles. The molecule has 0 spiro atoms. The van der Waals surface area contributed by atoms with Crippen molar-refractivity contribution in [3.8, 4) is 0 Å². The monoisotopic (exact) mass is 125 g/mol. The molecule has 9 heavy (non-hydrogen) atoms. The Hall–Kier alpha value is -0.0400. The molecule has 0 aromatic rings. The summed E-state index contributed by atoms with van der Waals surface area (Å²) in [5.74, 6) is 0. The van der Waals surface area contributed by atoms with Gasteiger partial charge in [0, 0.05) is 12.1 Å². The fourth-order valence-electron chi connectivity index (χ4n) is 1.48. The van der Waals surface area contributed by atoms with Gasteiger partial charge < -0.3 is 5.32 Å². The summed E-state index contributed by atoms with van der Waals surface area (Å²) in [6.45, 7) is 0. The lowest BCUT2D eigenvalue weighted by Gasteiger charge is -2.35. The molecule has 2 fully saturated rings. The van der Waals surface area contributed by atoms with Gasteiger partial charge in [-0.15, -0.1) is 0 Å². The quantitative estimate of drug-likeness (QED) is 0.592. The summed E-state index contributed by atoms with van der Waals surface area (Å²) in [4.78, 5) is 0. The maximum atomic E-state index is 3.65. The van der Waals surface area contributed by atoms with Crippen LogP contribution in [-0.2, 0) is 0 Å². The van der Waals surface area contributed by atoms with Crippen LogP contribution in [0.4, 0.5) is 0 Å². The Balaban J connectivity index is 1.64. The van der Waals surface area contributed by atoms with Crippen LogP contribution in [-0.4, -0.2) is 12.1 Å². The van der Waals surface area contributed by atoms with Crippen LogP contribution in [0.5, 0.6) is 0 Å². The first-order valence-corrected chi connectivity index (χ1v) is 4.21. The molecule has 0 saturated heterocycles. The van der Waals surface area contributed by atoms with Gasteiger partial charge in [-0.2, -0.15) is 0 Å². The van der Waals surface area contributed by atoms with E-state index in [1.54, 1.807) is 0 Å². The van der Waals surface area contributed by atoms with E-state index < -0.39 is 0 Å². The highest BCUT2D eigenvalue weighted by molar-refractivity contribution is 4.84. The van der Waals surface area contributed by atoms with Crippen molar-refractivity contribution in [2.75, 3.05) is 0 Å². The molecule has 2 aliphatic rings. The summed E-state index contributed by atoms with van der Waals surface area (Å²) in [6.07, 6.45) is 8.69. The minimum absolute atomic E-state index is 0.912. The Labute approximate surface area is 56.8 Å². The number of hydrogen-bond donors (Lipinski definition) is 1. The molecule has 0 radical (unpaired) electrons. The summed E-state index contributed by atoms with van der Waals surface area (Å²) in [5, 5.41) is 3.65. The molecule has 1 heteroatoms. The lowest BCUT2D eigenvalue weighted by atomic mass is 9.87. The average molecular weight is 125 g/mol. The number of rotatable bonds is 2. The minimum atomic E-state index is 0.912. The van der Waals surface area contributed by atoms with Gasteiger partial charge in [0.05, 0.1) is 0 Å². The normalized spacial score (nSPS) is 29.3. The van der Waals surface area contributed by atoms with Crippen molar-refractivity contribution in [3.05, 3.63) is 0 Å². The number of nitrogens with one attached hydrogen (secondary N) is 1. The highest BCUT2D eigenvalue weighted by atomic mass is 15.0.